The number of carboxylic acid groups (broad SMARTS) is 1. The molecule has 2 aliphatic rings. The SMILES string of the molecule is COc1ccc([C@@H]2N[C@](Cc3ccccc3)(C(=O)O)[C@@H]3C(=O)N(c4ccc(OC)cc4[N+](=O)[O-])C(=O)[C@H]32)cc1. The van der Waals surface area contributed by atoms with Crippen LogP contribution in [0.2, 0.25) is 0 Å². The van der Waals surface area contributed by atoms with Crippen LogP contribution in [0.4, 0.5) is 11.4 Å². The van der Waals surface area contributed by atoms with Crippen LogP contribution < -0.4 is 19.7 Å². The maximum Gasteiger partial charge on any atom is 0.325 e. The maximum atomic E-state index is 14.0. The van der Waals surface area contributed by atoms with Crippen LogP contribution in [0.1, 0.15) is 17.2 Å². The van der Waals surface area contributed by atoms with E-state index >= 15 is 0 Å². The van der Waals surface area contributed by atoms with Gasteiger partial charge in [-0.25, -0.2) is 4.90 Å². The van der Waals surface area contributed by atoms with Gasteiger partial charge in [0.05, 0.1) is 37.0 Å². The van der Waals surface area contributed by atoms with Crippen molar-refractivity contribution in [2.24, 2.45) is 11.8 Å². The number of benzene rings is 3. The van der Waals surface area contributed by atoms with E-state index in [1.807, 2.05) is 0 Å². The molecule has 2 amide bonds. The molecule has 4 atom stereocenters. The van der Waals surface area contributed by atoms with E-state index in [1.54, 1.807) is 54.6 Å². The predicted molar refractivity (Wildman–Crippen MR) is 139 cm³/mol. The van der Waals surface area contributed by atoms with Gasteiger partial charge in [-0.1, -0.05) is 42.5 Å². The summed E-state index contributed by atoms with van der Waals surface area (Å²) < 4.78 is 10.3. The molecule has 0 radical (unpaired) electrons. The van der Waals surface area contributed by atoms with E-state index in [4.69, 9.17) is 9.47 Å². The van der Waals surface area contributed by atoms with Gasteiger partial charge in [0, 0.05) is 12.5 Å². The minimum atomic E-state index is -1.86. The largest absolute Gasteiger partial charge is 0.497 e. The Labute approximate surface area is 223 Å². The van der Waals surface area contributed by atoms with Gasteiger partial charge in [0.15, 0.2) is 0 Å². The number of anilines is 1. The lowest BCUT2D eigenvalue weighted by Gasteiger charge is -2.31. The number of carbonyl (C=O) groups is 3. The lowest BCUT2D eigenvalue weighted by molar-refractivity contribution is -0.384. The molecule has 0 unspecified atom stereocenters. The summed E-state index contributed by atoms with van der Waals surface area (Å²) in [6.45, 7) is 0. The van der Waals surface area contributed by atoms with Crippen molar-refractivity contribution in [3.63, 3.8) is 0 Å². The number of carboxylic acids is 1. The fourth-order valence-electron chi connectivity index (χ4n) is 5.66. The van der Waals surface area contributed by atoms with Crippen molar-refractivity contribution in [3.05, 3.63) is 94.0 Å². The number of ether oxygens (including phenoxy) is 2. The van der Waals surface area contributed by atoms with E-state index in [1.165, 1.54) is 26.4 Å². The molecule has 0 bridgehead atoms. The van der Waals surface area contributed by atoms with Gasteiger partial charge < -0.3 is 14.6 Å². The molecule has 0 aromatic heterocycles. The van der Waals surface area contributed by atoms with Gasteiger partial charge in [0.25, 0.3) is 5.69 Å². The average molecular weight is 532 g/mol. The van der Waals surface area contributed by atoms with Gasteiger partial charge in [0.2, 0.25) is 11.8 Å². The zero-order valence-electron chi connectivity index (χ0n) is 21.1. The van der Waals surface area contributed by atoms with Gasteiger partial charge in [-0.05, 0) is 35.4 Å². The van der Waals surface area contributed by atoms with Crippen molar-refractivity contribution in [3.8, 4) is 11.5 Å². The molecule has 2 N–H and O–H groups in total. The van der Waals surface area contributed by atoms with Crippen molar-refractivity contribution in [2.45, 2.75) is 18.0 Å². The van der Waals surface area contributed by atoms with Crippen molar-refractivity contribution in [1.82, 2.24) is 5.32 Å². The summed E-state index contributed by atoms with van der Waals surface area (Å²) in [6.07, 6.45) is -0.0887. The Hall–Kier alpha value is -4.77. The van der Waals surface area contributed by atoms with E-state index in [-0.39, 0.29) is 17.9 Å². The summed E-state index contributed by atoms with van der Waals surface area (Å²) in [5.41, 5.74) is -1.38. The quantitative estimate of drug-likeness (QED) is 0.254. The molecule has 39 heavy (non-hydrogen) atoms. The Kier molecular flexibility index (Phi) is 6.52. The zero-order chi connectivity index (χ0) is 27.9. The molecule has 0 aliphatic carbocycles. The lowest BCUT2D eigenvalue weighted by atomic mass is 9.76. The molecule has 2 saturated heterocycles. The molecule has 11 heteroatoms. The van der Waals surface area contributed by atoms with Crippen LogP contribution >= 0.6 is 0 Å². The number of rotatable bonds is 8. The number of hydrogen-bond donors (Lipinski definition) is 2. The molecule has 2 aliphatic heterocycles. The normalized spacial score (nSPS) is 23.9. The van der Waals surface area contributed by atoms with E-state index in [0.29, 0.717) is 16.9 Å². The smallest absolute Gasteiger partial charge is 0.325 e. The first-order valence-corrected chi connectivity index (χ1v) is 12.1. The topological polar surface area (TPSA) is 148 Å². The van der Waals surface area contributed by atoms with Crippen molar-refractivity contribution in [2.75, 3.05) is 19.1 Å². The molecular formula is C28H25N3O8. The fraction of sp³-hybridized carbons (Fsp3) is 0.250. The number of nitrogens with zero attached hydrogens (tertiary/aromatic N) is 2. The van der Waals surface area contributed by atoms with Gasteiger partial charge in [0.1, 0.15) is 22.7 Å². The first kappa shape index (κ1) is 25.9. The molecule has 5 rings (SSSR count). The standard InChI is InChI=1S/C28H25N3O8/c1-38-18-10-8-17(9-11-18)24-22-23(28(29-24,27(34)35)15-16-6-4-3-5-7-16)26(33)30(25(22)32)20-13-12-19(39-2)14-21(20)31(36)37/h3-14,22-24,29H,15H2,1-2H3,(H,34,35)/t22-,23+,24+,28+/m1/s1. The highest BCUT2D eigenvalue weighted by Gasteiger charge is 2.69. The summed E-state index contributed by atoms with van der Waals surface area (Å²) in [5.74, 6) is -4.57. The molecular weight excluding hydrogens is 506 g/mol. The number of imide groups is 1. The van der Waals surface area contributed by atoms with Crippen LogP contribution in [0.15, 0.2) is 72.8 Å². The molecule has 11 nitrogen and oxygen atoms in total. The number of aliphatic carboxylic acids is 1. The number of fused-ring (bicyclic) bond motifs is 1. The molecule has 0 saturated carbocycles. The first-order chi connectivity index (χ1) is 18.7. The van der Waals surface area contributed by atoms with Crippen molar-refractivity contribution >= 4 is 29.2 Å². The first-order valence-electron chi connectivity index (χ1n) is 12.1. The van der Waals surface area contributed by atoms with E-state index in [2.05, 4.69) is 5.32 Å². The van der Waals surface area contributed by atoms with Crippen LogP contribution in [0.25, 0.3) is 0 Å². The predicted octanol–water partition coefficient (Wildman–Crippen LogP) is 3.13. The van der Waals surface area contributed by atoms with E-state index < -0.39 is 51.8 Å². The summed E-state index contributed by atoms with van der Waals surface area (Å²) in [4.78, 5) is 53.0. The Bertz CT molecular complexity index is 1460. The van der Waals surface area contributed by atoms with E-state index in [0.717, 1.165) is 11.0 Å². The second-order valence-corrected chi connectivity index (χ2v) is 9.46. The van der Waals surface area contributed by atoms with Gasteiger partial charge in [-0.15, -0.1) is 0 Å². The summed E-state index contributed by atoms with van der Waals surface area (Å²) in [7, 11) is 2.85. The minimum absolute atomic E-state index is 0.0887. The third kappa shape index (κ3) is 4.16. The Morgan fingerprint density at radius 3 is 2.23 bits per heavy atom. The second-order valence-electron chi connectivity index (χ2n) is 9.46. The number of nitrogens with one attached hydrogen (secondary N) is 1. The van der Waals surface area contributed by atoms with Crippen LogP contribution in [-0.2, 0) is 20.8 Å². The number of amides is 2. The van der Waals surface area contributed by atoms with Crippen molar-refractivity contribution in [1.29, 1.82) is 0 Å². The number of methoxy groups -OCH3 is 2. The fourth-order valence-corrected chi connectivity index (χ4v) is 5.66. The number of hydrogen-bond acceptors (Lipinski definition) is 8. The highest BCUT2D eigenvalue weighted by Crippen LogP contribution is 2.52. The van der Waals surface area contributed by atoms with Gasteiger partial charge in [-0.2, -0.15) is 0 Å². The van der Waals surface area contributed by atoms with Gasteiger partial charge in [-0.3, -0.25) is 29.8 Å². The summed E-state index contributed by atoms with van der Waals surface area (Å²) >= 11 is 0. The van der Waals surface area contributed by atoms with Crippen LogP contribution in [-0.4, -0.2) is 47.6 Å². The van der Waals surface area contributed by atoms with E-state index in [9.17, 15) is 29.6 Å². The van der Waals surface area contributed by atoms with Crippen LogP contribution in [0.5, 0.6) is 11.5 Å². The molecule has 0 spiro atoms. The maximum absolute atomic E-state index is 14.0. The van der Waals surface area contributed by atoms with Crippen molar-refractivity contribution < 1.29 is 33.9 Å². The highest BCUT2D eigenvalue weighted by atomic mass is 16.6. The summed E-state index contributed by atoms with van der Waals surface area (Å²) in [5, 5.41) is 25.6. The third-order valence-electron chi connectivity index (χ3n) is 7.46. The number of nitro benzene ring substituents is 1. The van der Waals surface area contributed by atoms with Crippen LogP contribution in [0, 0.1) is 22.0 Å². The molecule has 3 aromatic carbocycles. The third-order valence-corrected chi connectivity index (χ3v) is 7.46. The molecule has 2 heterocycles. The zero-order valence-corrected chi connectivity index (χ0v) is 21.1. The minimum Gasteiger partial charge on any atom is -0.497 e. The average Bonchev–Trinajstić information content (AvgIpc) is 3.42. The highest BCUT2D eigenvalue weighted by molar-refractivity contribution is 6.25. The Morgan fingerprint density at radius 2 is 1.64 bits per heavy atom. The monoisotopic (exact) mass is 531 g/mol. The lowest BCUT2D eigenvalue weighted by Crippen LogP contribution is -2.57. The second kappa shape index (κ2) is 9.84. The van der Waals surface area contributed by atoms with Gasteiger partial charge >= 0.3 is 5.97 Å². The molecule has 2 fully saturated rings. The molecule has 3 aromatic rings. The molecule has 200 valence electrons. The number of nitro groups is 1. The number of carbonyl (C=O) groups excluding carboxylic acids is 2. The Balaban J connectivity index is 1.67. The van der Waals surface area contributed by atoms with Crippen LogP contribution in [0.3, 0.4) is 0 Å². The Morgan fingerprint density at radius 1 is 1.00 bits per heavy atom. The summed E-state index contributed by atoms with van der Waals surface area (Å²) in [6, 6.07) is 18.5.